The smallest absolute Gasteiger partial charge is 0.184 e. The lowest BCUT2D eigenvalue weighted by Gasteiger charge is -2.58. The van der Waals surface area contributed by atoms with Crippen molar-refractivity contribution in [1.29, 1.82) is 0 Å². The van der Waals surface area contributed by atoms with Gasteiger partial charge in [0.05, 0.1) is 6.10 Å². The third-order valence-corrected chi connectivity index (χ3v) is 12.9. The van der Waals surface area contributed by atoms with E-state index in [4.69, 9.17) is 9.47 Å². The zero-order valence-electron chi connectivity index (χ0n) is 25.4. The Hall–Kier alpha value is -0.150. The second-order valence-corrected chi connectivity index (χ2v) is 15.7. The SMILES string of the molecule is CC(C)CCC[C@@H](C)[C@H]1CCC2C3CC=C4C[C@H](OC(O)[C@H]5OC(S)[C@H](O)[C@@H](O)[C@H]5O)CC[C@]4(C)C3CC[C@@]21C. The summed E-state index contributed by atoms with van der Waals surface area (Å²) in [5, 5.41) is 41.2. The summed E-state index contributed by atoms with van der Waals surface area (Å²) < 4.78 is 11.5. The molecule has 0 aromatic rings. The van der Waals surface area contributed by atoms with Crippen LogP contribution in [0.2, 0.25) is 0 Å². The van der Waals surface area contributed by atoms with E-state index in [1.54, 1.807) is 0 Å². The molecule has 0 aromatic carbocycles. The van der Waals surface area contributed by atoms with Gasteiger partial charge in [-0.15, -0.1) is 12.6 Å². The van der Waals surface area contributed by atoms with Crippen LogP contribution in [0.5, 0.6) is 0 Å². The number of rotatable bonds is 8. The van der Waals surface area contributed by atoms with E-state index < -0.39 is 36.1 Å². The van der Waals surface area contributed by atoms with E-state index in [1.165, 1.54) is 50.5 Å². The quantitative estimate of drug-likeness (QED) is 0.148. The van der Waals surface area contributed by atoms with Gasteiger partial charge in [-0.05, 0) is 97.7 Å². The van der Waals surface area contributed by atoms with Gasteiger partial charge in [-0.1, -0.05) is 65.5 Å². The van der Waals surface area contributed by atoms with Crippen molar-refractivity contribution >= 4 is 12.6 Å². The minimum Gasteiger partial charge on any atom is -0.387 e. The first kappa shape index (κ1) is 31.3. The van der Waals surface area contributed by atoms with Crippen LogP contribution in [0.1, 0.15) is 105 Å². The molecule has 0 bridgehead atoms. The maximum absolute atomic E-state index is 10.8. The first-order chi connectivity index (χ1) is 18.9. The second kappa shape index (κ2) is 12.1. The van der Waals surface area contributed by atoms with Crippen LogP contribution in [-0.2, 0) is 9.47 Å². The molecule has 5 aliphatic rings. The summed E-state index contributed by atoms with van der Waals surface area (Å²) in [5.41, 5.74) is 1.15. The highest BCUT2D eigenvalue weighted by atomic mass is 32.1. The Labute approximate surface area is 247 Å². The Morgan fingerprint density at radius 1 is 0.975 bits per heavy atom. The molecule has 230 valence electrons. The standard InChI is InChI=1S/C33H56O6S/c1-18(2)7-6-8-19(3)23-11-12-24-22-10-9-20-17-21(13-15-32(20,4)25(22)14-16-33(23,24)5)38-30(37)29-27(35)26(34)28(36)31(40)39-29/h9,18-19,21-31,34-37,40H,6-8,10-17H2,1-5H3/t19-,21-,22?,23-,24?,25?,26+,27-,28-,29+,30?,31?,32+,33-/m1/s1. The van der Waals surface area contributed by atoms with Crippen LogP contribution in [0, 0.1) is 46.3 Å². The number of allylic oxidation sites excluding steroid dienone is 1. The number of fused-ring (bicyclic) bond motifs is 5. The summed E-state index contributed by atoms with van der Waals surface area (Å²) in [4.78, 5) is 0. The number of hydrogen-bond acceptors (Lipinski definition) is 7. The van der Waals surface area contributed by atoms with Gasteiger partial charge in [0, 0.05) is 0 Å². The normalized spacial score (nSPS) is 48.6. The molecule has 0 radical (unpaired) electrons. The fraction of sp³-hybridized carbons (Fsp3) is 0.939. The Bertz CT molecular complexity index is 911. The molecule has 4 fully saturated rings. The maximum atomic E-state index is 10.8. The molecular formula is C33H56O6S. The first-order valence-electron chi connectivity index (χ1n) is 16.3. The average molecular weight is 581 g/mol. The van der Waals surface area contributed by atoms with Gasteiger partial charge in [-0.2, -0.15) is 0 Å². The zero-order chi connectivity index (χ0) is 29.0. The molecule has 14 atom stereocenters. The molecule has 6 nitrogen and oxygen atoms in total. The third-order valence-electron chi connectivity index (χ3n) is 12.5. The summed E-state index contributed by atoms with van der Waals surface area (Å²) in [5.74, 6) is 4.81. The fourth-order valence-corrected chi connectivity index (χ4v) is 10.5. The van der Waals surface area contributed by atoms with Crippen molar-refractivity contribution in [3.8, 4) is 0 Å². The van der Waals surface area contributed by atoms with Crippen molar-refractivity contribution in [3.63, 3.8) is 0 Å². The van der Waals surface area contributed by atoms with Crippen molar-refractivity contribution in [2.45, 2.75) is 147 Å². The molecule has 4 aliphatic carbocycles. The third kappa shape index (κ3) is 5.59. The Morgan fingerprint density at radius 2 is 1.73 bits per heavy atom. The summed E-state index contributed by atoms with van der Waals surface area (Å²) >= 11 is 4.14. The van der Waals surface area contributed by atoms with Crippen LogP contribution in [0.4, 0.5) is 0 Å². The number of hydrogen-bond donors (Lipinski definition) is 5. The van der Waals surface area contributed by atoms with Crippen LogP contribution in [0.3, 0.4) is 0 Å². The Morgan fingerprint density at radius 3 is 2.45 bits per heavy atom. The van der Waals surface area contributed by atoms with E-state index in [0.717, 1.165) is 61.2 Å². The number of aliphatic hydroxyl groups is 4. The number of thiol groups is 1. The number of aliphatic hydroxyl groups excluding tert-OH is 4. The molecule has 7 heteroatoms. The molecule has 5 rings (SSSR count). The Kier molecular flexibility index (Phi) is 9.45. The maximum Gasteiger partial charge on any atom is 0.184 e. The van der Waals surface area contributed by atoms with E-state index in [2.05, 4.69) is 53.3 Å². The summed E-state index contributed by atoms with van der Waals surface area (Å²) in [6.07, 6.45) is 9.01. The zero-order valence-corrected chi connectivity index (χ0v) is 26.3. The van der Waals surface area contributed by atoms with Gasteiger partial charge in [-0.3, -0.25) is 0 Å². The lowest BCUT2D eigenvalue weighted by molar-refractivity contribution is -0.277. The van der Waals surface area contributed by atoms with E-state index in [0.29, 0.717) is 5.41 Å². The highest BCUT2D eigenvalue weighted by molar-refractivity contribution is 7.80. The highest BCUT2D eigenvalue weighted by Crippen LogP contribution is 2.67. The van der Waals surface area contributed by atoms with Crippen molar-refractivity contribution in [2.24, 2.45) is 46.3 Å². The lowest BCUT2D eigenvalue weighted by atomic mass is 9.47. The highest BCUT2D eigenvalue weighted by Gasteiger charge is 2.59. The van der Waals surface area contributed by atoms with E-state index in [9.17, 15) is 20.4 Å². The van der Waals surface area contributed by atoms with Crippen molar-refractivity contribution in [1.82, 2.24) is 0 Å². The molecule has 1 saturated heterocycles. The topological polar surface area (TPSA) is 99.4 Å². The fourth-order valence-electron chi connectivity index (χ4n) is 10.2. The second-order valence-electron chi connectivity index (χ2n) is 15.1. The molecule has 1 aliphatic heterocycles. The minimum absolute atomic E-state index is 0.166. The monoisotopic (exact) mass is 580 g/mol. The summed E-state index contributed by atoms with van der Waals surface area (Å²) in [6, 6.07) is 0. The van der Waals surface area contributed by atoms with Gasteiger partial charge < -0.3 is 29.9 Å². The predicted octanol–water partition coefficient (Wildman–Crippen LogP) is 5.47. The Balaban J connectivity index is 1.22. The molecule has 3 saturated carbocycles. The van der Waals surface area contributed by atoms with Gasteiger partial charge in [0.1, 0.15) is 29.9 Å². The van der Waals surface area contributed by atoms with Crippen LogP contribution in [0.25, 0.3) is 0 Å². The van der Waals surface area contributed by atoms with Gasteiger partial charge in [0.15, 0.2) is 6.29 Å². The lowest BCUT2D eigenvalue weighted by Crippen LogP contribution is -2.60. The molecule has 40 heavy (non-hydrogen) atoms. The van der Waals surface area contributed by atoms with Crippen molar-refractivity contribution in [2.75, 3.05) is 0 Å². The molecule has 0 amide bonds. The largest absolute Gasteiger partial charge is 0.387 e. The van der Waals surface area contributed by atoms with Gasteiger partial charge in [0.25, 0.3) is 0 Å². The van der Waals surface area contributed by atoms with E-state index in [1.807, 2.05) is 0 Å². The summed E-state index contributed by atoms with van der Waals surface area (Å²) in [6.45, 7) is 12.4. The van der Waals surface area contributed by atoms with Gasteiger partial charge >= 0.3 is 0 Å². The molecule has 0 spiro atoms. The van der Waals surface area contributed by atoms with Crippen LogP contribution in [-0.4, -0.2) is 62.7 Å². The van der Waals surface area contributed by atoms with E-state index >= 15 is 0 Å². The van der Waals surface area contributed by atoms with Crippen LogP contribution in [0.15, 0.2) is 11.6 Å². The van der Waals surface area contributed by atoms with Crippen molar-refractivity contribution < 1.29 is 29.9 Å². The molecule has 5 unspecified atom stereocenters. The predicted molar refractivity (Wildman–Crippen MR) is 160 cm³/mol. The van der Waals surface area contributed by atoms with Crippen LogP contribution >= 0.6 is 12.6 Å². The van der Waals surface area contributed by atoms with Crippen molar-refractivity contribution in [3.05, 3.63) is 11.6 Å². The van der Waals surface area contributed by atoms with Crippen LogP contribution < -0.4 is 0 Å². The molecular weight excluding hydrogens is 524 g/mol. The molecule has 4 N–H and O–H groups in total. The van der Waals surface area contributed by atoms with Gasteiger partial charge in [-0.25, -0.2) is 0 Å². The number of ether oxygens (including phenoxy) is 2. The average Bonchev–Trinajstić information content (AvgIpc) is 3.26. The van der Waals surface area contributed by atoms with Gasteiger partial charge in [0.2, 0.25) is 0 Å². The van der Waals surface area contributed by atoms with E-state index in [-0.39, 0.29) is 11.5 Å². The summed E-state index contributed by atoms with van der Waals surface area (Å²) in [7, 11) is 0. The first-order valence-corrected chi connectivity index (χ1v) is 16.8. The molecule has 1 heterocycles. The minimum atomic E-state index is -1.44. The molecule has 0 aromatic heterocycles.